The number of nitrogens with one attached hydrogen (secondary N) is 1. The zero-order valence-corrected chi connectivity index (χ0v) is 11.1. The smallest absolute Gasteiger partial charge is 0.254 e. The first-order valence-corrected chi connectivity index (χ1v) is 7.01. The fourth-order valence-electron chi connectivity index (χ4n) is 2.15. The van der Waals surface area contributed by atoms with Gasteiger partial charge in [-0.15, -0.1) is 11.3 Å². The maximum absolute atomic E-state index is 12.4. The number of thiazole rings is 1. The molecule has 1 aliphatic heterocycles. The molecular weight excluding hydrogens is 262 g/mol. The second-order valence-corrected chi connectivity index (χ2v) is 5.35. The van der Waals surface area contributed by atoms with Gasteiger partial charge in [-0.2, -0.15) is 0 Å². The quantitative estimate of drug-likeness (QED) is 0.852. The third kappa shape index (κ3) is 2.44. The Kier molecular flexibility index (Phi) is 3.16. The molecule has 1 aromatic heterocycles. The van der Waals surface area contributed by atoms with E-state index < -0.39 is 0 Å². The lowest BCUT2D eigenvalue weighted by Crippen LogP contribution is -2.37. The minimum atomic E-state index is -0.0929. The van der Waals surface area contributed by atoms with Crippen LogP contribution in [-0.4, -0.2) is 41.3 Å². The lowest BCUT2D eigenvalue weighted by atomic mass is 10.2. The van der Waals surface area contributed by atoms with E-state index in [9.17, 15) is 9.59 Å². The summed E-state index contributed by atoms with van der Waals surface area (Å²) in [6, 6.07) is 5.46. The van der Waals surface area contributed by atoms with E-state index >= 15 is 0 Å². The molecule has 5 nitrogen and oxygen atoms in total. The third-order valence-electron chi connectivity index (χ3n) is 3.13. The van der Waals surface area contributed by atoms with Gasteiger partial charge in [0.25, 0.3) is 5.91 Å². The van der Waals surface area contributed by atoms with Crippen LogP contribution in [0, 0.1) is 0 Å². The summed E-state index contributed by atoms with van der Waals surface area (Å²) in [5.41, 5.74) is 3.28. The van der Waals surface area contributed by atoms with Crippen LogP contribution in [0.4, 0.5) is 0 Å². The number of aromatic nitrogens is 1. The highest BCUT2D eigenvalue weighted by molar-refractivity contribution is 7.16. The van der Waals surface area contributed by atoms with Crippen LogP contribution in [0.1, 0.15) is 16.8 Å². The van der Waals surface area contributed by atoms with Crippen molar-refractivity contribution in [2.75, 3.05) is 19.6 Å². The summed E-state index contributed by atoms with van der Waals surface area (Å²) >= 11 is 1.51. The lowest BCUT2D eigenvalue weighted by Gasteiger charge is -2.18. The molecule has 98 valence electrons. The number of carbonyl (C=O) groups is 2. The first-order chi connectivity index (χ1) is 9.24. The number of carbonyl (C=O) groups excluding carboxylic acids is 2. The molecular formula is C13H13N3O2S. The Morgan fingerprint density at radius 2 is 2.32 bits per heavy atom. The highest BCUT2D eigenvalue weighted by atomic mass is 32.1. The van der Waals surface area contributed by atoms with Crippen molar-refractivity contribution in [3.8, 4) is 0 Å². The molecule has 0 radical (unpaired) electrons. The predicted octanol–water partition coefficient (Wildman–Crippen LogP) is 1.26. The minimum Gasteiger partial charge on any atom is -0.354 e. The van der Waals surface area contributed by atoms with Crippen LogP contribution in [0.3, 0.4) is 0 Å². The molecule has 0 atom stereocenters. The Morgan fingerprint density at radius 1 is 1.42 bits per heavy atom. The van der Waals surface area contributed by atoms with E-state index in [0.29, 0.717) is 18.7 Å². The van der Waals surface area contributed by atoms with E-state index in [0.717, 1.165) is 16.6 Å². The second-order valence-electron chi connectivity index (χ2n) is 4.47. The van der Waals surface area contributed by atoms with Crippen molar-refractivity contribution in [2.24, 2.45) is 0 Å². The van der Waals surface area contributed by atoms with Crippen LogP contribution in [0.5, 0.6) is 0 Å². The van der Waals surface area contributed by atoms with E-state index in [2.05, 4.69) is 10.3 Å². The molecule has 2 aromatic rings. The molecule has 0 aliphatic carbocycles. The molecule has 2 heterocycles. The average molecular weight is 275 g/mol. The zero-order valence-electron chi connectivity index (χ0n) is 10.3. The molecule has 2 amide bonds. The van der Waals surface area contributed by atoms with Gasteiger partial charge in [0.05, 0.1) is 22.3 Å². The lowest BCUT2D eigenvalue weighted by molar-refractivity contribution is -0.121. The Morgan fingerprint density at radius 3 is 3.21 bits per heavy atom. The van der Waals surface area contributed by atoms with Gasteiger partial charge in [0.1, 0.15) is 0 Å². The van der Waals surface area contributed by atoms with Crippen LogP contribution >= 0.6 is 11.3 Å². The molecule has 3 rings (SSSR count). The number of amides is 2. The van der Waals surface area contributed by atoms with Crippen molar-refractivity contribution < 1.29 is 9.59 Å². The van der Waals surface area contributed by atoms with Crippen LogP contribution in [0.15, 0.2) is 23.7 Å². The van der Waals surface area contributed by atoms with Crippen molar-refractivity contribution in [3.05, 3.63) is 29.3 Å². The highest BCUT2D eigenvalue weighted by Crippen LogP contribution is 2.20. The number of hydrogen-bond donors (Lipinski definition) is 1. The second kappa shape index (κ2) is 4.97. The van der Waals surface area contributed by atoms with Crippen molar-refractivity contribution in [3.63, 3.8) is 0 Å². The molecule has 1 fully saturated rings. The van der Waals surface area contributed by atoms with Gasteiger partial charge in [-0.25, -0.2) is 4.98 Å². The summed E-state index contributed by atoms with van der Waals surface area (Å²) in [6.45, 7) is 1.38. The molecule has 1 N–H and O–H groups in total. The van der Waals surface area contributed by atoms with Crippen molar-refractivity contribution in [1.82, 2.24) is 15.2 Å². The van der Waals surface area contributed by atoms with Crippen LogP contribution in [-0.2, 0) is 4.79 Å². The summed E-state index contributed by atoms with van der Waals surface area (Å²) in [5.74, 6) is -0.183. The number of hydrogen-bond acceptors (Lipinski definition) is 4. The van der Waals surface area contributed by atoms with Crippen molar-refractivity contribution in [2.45, 2.75) is 6.42 Å². The van der Waals surface area contributed by atoms with Crippen LogP contribution in [0.25, 0.3) is 10.2 Å². The van der Waals surface area contributed by atoms with E-state index in [-0.39, 0.29) is 18.4 Å². The molecule has 1 saturated heterocycles. The average Bonchev–Trinajstić information content (AvgIpc) is 2.78. The van der Waals surface area contributed by atoms with Gasteiger partial charge >= 0.3 is 0 Å². The predicted molar refractivity (Wildman–Crippen MR) is 73.2 cm³/mol. The summed E-state index contributed by atoms with van der Waals surface area (Å²) in [6.07, 6.45) is 0.792. The topological polar surface area (TPSA) is 62.3 Å². The third-order valence-corrected chi connectivity index (χ3v) is 3.92. The molecule has 0 unspecified atom stereocenters. The summed E-state index contributed by atoms with van der Waals surface area (Å²) in [7, 11) is 0. The van der Waals surface area contributed by atoms with E-state index in [1.165, 1.54) is 11.3 Å². The van der Waals surface area contributed by atoms with Gasteiger partial charge in [0.15, 0.2) is 0 Å². The largest absolute Gasteiger partial charge is 0.354 e. The van der Waals surface area contributed by atoms with E-state index in [4.69, 9.17) is 0 Å². The van der Waals surface area contributed by atoms with Gasteiger partial charge in [-0.05, 0) is 24.6 Å². The van der Waals surface area contributed by atoms with Gasteiger partial charge in [-0.3, -0.25) is 9.59 Å². The van der Waals surface area contributed by atoms with Crippen molar-refractivity contribution >= 4 is 33.4 Å². The molecule has 0 bridgehead atoms. The maximum Gasteiger partial charge on any atom is 0.254 e. The molecule has 0 saturated carbocycles. The first-order valence-electron chi connectivity index (χ1n) is 6.13. The number of rotatable bonds is 1. The Bertz CT molecular complexity index is 638. The molecule has 0 spiro atoms. The molecule has 19 heavy (non-hydrogen) atoms. The number of fused-ring (bicyclic) bond motifs is 1. The van der Waals surface area contributed by atoms with E-state index in [1.807, 2.05) is 12.1 Å². The fraction of sp³-hybridized carbons (Fsp3) is 0.308. The normalized spacial score (nSPS) is 16.2. The Labute approximate surface area is 114 Å². The highest BCUT2D eigenvalue weighted by Gasteiger charge is 2.21. The standard InChI is InChI=1S/C13H13N3O2S/c17-12-7-16(5-1-4-14-12)13(18)9-2-3-10-11(6-9)19-8-15-10/h2-3,6,8H,1,4-5,7H2,(H,14,17). The van der Waals surface area contributed by atoms with Crippen molar-refractivity contribution in [1.29, 1.82) is 0 Å². The van der Waals surface area contributed by atoms with Gasteiger partial charge in [-0.1, -0.05) is 0 Å². The number of nitrogens with zero attached hydrogens (tertiary/aromatic N) is 2. The summed E-state index contributed by atoms with van der Waals surface area (Å²) < 4.78 is 0.991. The molecule has 6 heteroatoms. The SMILES string of the molecule is O=C1CN(C(=O)c2ccc3ncsc3c2)CCCN1. The fourth-order valence-corrected chi connectivity index (χ4v) is 2.87. The summed E-state index contributed by atoms with van der Waals surface area (Å²) in [4.78, 5) is 29.7. The minimum absolute atomic E-state index is 0.0904. The van der Waals surface area contributed by atoms with Crippen LogP contribution in [0.2, 0.25) is 0 Å². The summed E-state index contributed by atoms with van der Waals surface area (Å²) in [5, 5.41) is 2.77. The monoisotopic (exact) mass is 275 g/mol. The maximum atomic E-state index is 12.4. The van der Waals surface area contributed by atoms with Gasteiger partial charge in [0.2, 0.25) is 5.91 Å². The van der Waals surface area contributed by atoms with Gasteiger partial charge < -0.3 is 10.2 Å². The Hall–Kier alpha value is -1.95. The number of benzene rings is 1. The zero-order chi connectivity index (χ0) is 13.2. The first kappa shape index (κ1) is 12.1. The van der Waals surface area contributed by atoms with Crippen LogP contribution < -0.4 is 5.32 Å². The molecule has 1 aromatic carbocycles. The van der Waals surface area contributed by atoms with Gasteiger partial charge in [0, 0.05) is 18.7 Å². The van der Waals surface area contributed by atoms with E-state index in [1.54, 1.807) is 16.5 Å². The Balaban J connectivity index is 1.87. The molecule has 1 aliphatic rings.